The molecule has 2 fully saturated rings. The van der Waals surface area contributed by atoms with Crippen molar-refractivity contribution >= 4 is 0 Å². The summed E-state index contributed by atoms with van der Waals surface area (Å²) in [6.07, 6.45) is 10.1. The summed E-state index contributed by atoms with van der Waals surface area (Å²) >= 11 is 0. The standard InChI is InChI=1S/C20H31N/c1-2-10-21-15-18(11-16-6-4-3-5-7-16)14-20-13-17-8-9-19(20)12-17/h3-7,17-21H,2,8-15H2,1H3. The summed E-state index contributed by atoms with van der Waals surface area (Å²) in [5.41, 5.74) is 1.52. The quantitative estimate of drug-likeness (QED) is 0.684. The highest BCUT2D eigenvalue weighted by molar-refractivity contribution is 5.15. The Labute approximate surface area is 130 Å². The zero-order valence-corrected chi connectivity index (χ0v) is 13.6. The predicted molar refractivity (Wildman–Crippen MR) is 90.4 cm³/mol. The van der Waals surface area contributed by atoms with Crippen LogP contribution in [0.3, 0.4) is 0 Å². The molecule has 21 heavy (non-hydrogen) atoms. The Morgan fingerprint density at radius 3 is 2.67 bits per heavy atom. The van der Waals surface area contributed by atoms with E-state index in [-0.39, 0.29) is 0 Å². The normalized spacial score (nSPS) is 28.9. The van der Waals surface area contributed by atoms with Gasteiger partial charge in [0.2, 0.25) is 0 Å². The first-order valence-electron chi connectivity index (χ1n) is 9.09. The minimum Gasteiger partial charge on any atom is -0.316 e. The van der Waals surface area contributed by atoms with Gasteiger partial charge in [-0.2, -0.15) is 0 Å². The molecule has 1 N–H and O–H groups in total. The average molecular weight is 285 g/mol. The largest absolute Gasteiger partial charge is 0.316 e. The van der Waals surface area contributed by atoms with Gasteiger partial charge in [-0.3, -0.25) is 0 Å². The van der Waals surface area contributed by atoms with Crippen LogP contribution in [-0.2, 0) is 6.42 Å². The lowest BCUT2D eigenvalue weighted by Gasteiger charge is -2.27. The fraction of sp³-hybridized carbons (Fsp3) is 0.700. The van der Waals surface area contributed by atoms with E-state index in [1.54, 1.807) is 6.42 Å². The molecule has 4 atom stereocenters. The lowest BCUT2D eigenvalue weighted by Crippen LogP contribution is -2.28. The van der Waals surface area contributed by atoms with Gasteiger partial charge in [-0.1, -0.05) is 43.7 Å². The Bertz CT molecular complexity index is 413. The van der Waals surface area contributed by atoms with E-state index in [0.717, 1.165) is 23.7 Å². The molecule has 2 saturated carbocycles. The molecule has 0 amide bonds. The Hall–Kier alpha value is -0.820. The van der Waals surface area contributed by atoms with Crippen LogP contribution < -0.4 is 5.32 Å². The van der Waals surface area contributed by atoms with Gasteiger partial charge < -0.3 is 5.32 Å². The van der Waals surface area contributed by atoms with E-state index in [1.165, 1.54) is 57.2 Å². The number of nitrogens with one attached hydrogen (secondary N) is 1. The van der Waals surface area contributed by atoms with Crippen LogP contribution in [0.2, 0.25) is 0 Å². The first-order valence-corrected chi connectivity index (χ1v) is 9.09. The van der Waals surface area contributed by atoms with Crippen molar-refractivity contribution in [2.24, 2.45) is 23.7 Å². The van der Waals surface area contributed by atoms with Crippen LogP contribution in [0.15, 0.2) is 30.3 Å². The van der Waals surface area contributed by atoms with Crippen molar-refractivity contribution in [2.45, 2.75) is 51.9 Å². The van der Waals surface area contributed by atoms with Crippen molar-refractivity contribution < 1.29 is 0 Å². The van der Waals surface area contributed by atoms with Crippen molar-refractivity contribution in [3.05, 3.63) is 35.9 Å². The minimum atomic E-state index is 0.822. The van der Waals surface area contributed by atoms with E-state index >= 15 is 0 Å². The van der Waals surface area contributed by atoms with Gasteiger partial charge in [0.25, 0.3) is 0 Å². The third-order valence-electron chi connectivity index (χ3n) is 5.75. The van der Waals surface area contributed by atoms with Gasteiger partial charge in [0.05, 0.1) is 0 Å². The SMILES string of the molecule is CCCNCC(Cc1ccccc1)CC1CC2CCC1C2. The third-order valence-corrected chi connectivity index (χ3v) is 5.75. The second kappa shape index (κ2) is 7.45. The average Bonchev–Trinajstić information content (AvgIpc) is 3.11. The summed E-state index contributed by atoms with van der Waals surface area (Å²) in [6, 6.07) is 11.1. The number of benzene rings is 1. The van der Waals surface area contributed by atoms with Crippen LogP contribution in [0.5, 0.6) is 0 Å². The molecular weight excluding hydrogens is 254 g/mol. The van der Waals surface area contributed by atoms with Gasteiger partial charge in [0, 0.05) is 0 Å². The highest BCUT2D eigenvalue weighted by Gasteiger charge is 2.39. The lowest BCUT2D eigenvalue weighted by molar-refractivity contribution is 0.261. The summed E-state index contributed by atoms with van der Waals surface area (Å²) < 4.78 is 0. The first kappa shape index (κ1) is 15.1. The molecule has 1 heteroatoms. The van der Waals surface area contributed by atoms with Crippen molar-refractivity contribution in [3.63, 3.8) is 0 Å². The Balaban J connectivity index is 1.56. The summed E-state index contributed by atoms with van der Waals surface area (Å²) in [5, 5.41) is 3.67. The summed E-state index contributed by atoms with van der Waals surface area (Å²) in [5.74, 6) is 4.00. The smallest absolute Gasteiger partial charge is 0.00172 e. The van der Waals surface area contributed by atoms with Crippen LogP contribution in [-0.4, -0.2) is 13.1 Å². The molecule has 0 spiro atoms. The van der Waals surface area contributed by atoms with Crippen LogP contribution in [0, 0.1) is 23.7 Å². The molecule has 4 unspecified atom stereocenters. The van der Waals surface area contributed by atoms with E-state index in [2.05, 4.69) is 42.6 Å². The molecule has 0 radical (unpaired) electrons. The number of rotatable bonds is 8. The zero-order chi connectivity index (χ0) is 14.5. The van der Waals surface area contributed by atoms with E-state index in [0.29, 0.717) is 0 Å². The molecule has 2 bridgehead atoms. The van der Waals surface area contributed by atoms with Crippen LogP contribution in [0.25, 0.3) is 0 Å². The highest BCUT2D eigenvalue weighted by atomic mass is 14.8. The Kier molecular flexibility index (Phi) is 5.35. The minimum absolute atomic E-state index is 0.822. The van der Waals surface area contributed by atoms with E-state index in [9.17, 15) is 0 Å². The maximum absolute atomic E-state index is 3.67. The predicted octanol–water partition coefficient (Wildman–Crippen LogP) is 4.67. The molecule has 1 aromatic rings. The Morgan fingerprint density at radius 1 is 1.14 bits per heavy atom. The molecule has 0 aromatic heterocycles. The topological polar surface area (TPSA) is 12.0 Å². The van der Waals surface area contributed by atoms with E-state index < -0.39 is 0 Å². The van der Waals surface area contributed by atoms with Crippen LogP contribution in [0.4, 0.5) is 0 Å². The molecule has 0 saturated heterocycles. The van der Waals surface area contributed by atoms with Gasteiger partial charge >= 0.3 is 0 Å². The highest BCUT2D eigenvalue weighted by Crippen LogP contribution is 2.50. The summed E-state index contributed by atoms with van der Waals surface area (Å²) in [7, 11) is 0. The first-order chi connectivity index (χ1) is 10.3. The number of fused-ring (bicyclic) bond motifs is 2. The zero-order valence-electron chi connectivity index (χ0n) is 13.6. The summed E-state index contributed by atoms with van der Waals surface area (Å²) in [6.45, 7) is 4.63. The van der Waals surface area contributed by atoms with Gasteiger partial charge in [0.1, 0.15) is 0 Å². The monoisotopic (exact) mass is 285 g/mol. The summed E-state index contributed by atoms with van der Waals surface area (Å²) in [4.78, 5) is 0. The Morgan fingerprint density at radius 2 is 2.00 bits per heavy atom. The number of hydrogen-bond donors (Lipinski definition) is 1. The van der Waals surface area contributed by atoms with Crippen molar-refractivity contribution in [1.82, 2.24) is 5.32 Å². The molecule has 116 valence electrons. The molecule has 0 heterocycles. The molecule has 2 aliphatic rings. The maximum Gasteiger partial charge on any atom is -0.00172 e. The van der Waals surface area contributed by atoms with Gasteiger partial charge in [-0.15, -0.1) is 0 Å². The van der Waals surface area contributed by atoms with Crippen molar-refractivity contribution in [3.8, 4) is 0 Å². The van der Waals surface area contributed by atoms with Crippen molar-refractivity contribution in [2.75, 3.05) is 13.1 Å². The van der Waals surface area contributed by atoms with Crippen LogP contribution in [0.1, 0.15) is 51.0 Å². The fourth-order valence-corrected chi connectivity index (χ4v) is 4.76. The molecule has 0 aliphatic heterocycles. The molecule has 1 nitrogen and oxygen atoms in total. The van der Waals surface area contributed by atoms with Gasteiger partial charge in [-0.25, -0.2) is 0 Å². The number of hydrogen-bond acceptors (Lipinski definition) is 1. The lowest BCUT2D eigenvalue weighted by atomic mass is 9.80. The molecular formula is C20H31N. The molecule has 2 aliphatic carbocycles. The second-order valence-corrected chi connectivity index (χ2v) is 7.43. The fourth-order valence-electron chi connectivity index (χ4n) is 4.76. The second-order valence-electron chi connectivity index (χ2n) is 7.43. The molecule has 1 aromatic carbocycles. The van der Waals surface area contributed by atoms with Gasteiger partial charge in [0.15, 0.2) is 0 Å². The van der Waals surface area contributed by atoms with E-state index in [1.807, 2.05) is 0 Å². The van der Waals surface area contributed by atoms with Crippen molar-refractivity contribution in [1.29, 1.82) is 0 Å². The molecule has 3 rings (SSSR count). The van der Waals surface area contributed by atoms with E-state index in [4.69, 9.17) is 0 Å². The maximum atomic E-state index is 3.67. The van der Waals surface area contributed by atoms with Crippen LogP contribution >= 0.6 is 0 Å². The third kappa shape index (κ3) is 4.10. The van der Waals surface area contributed by atoms with Gasteiger partial charge in [-0.05, 0) is 80.8 Å².